The Kier molecular flexibility index (Phi) is 7.28. The number of nitrogens with one attached hydrogen (secondary N) is 2. The lowest BCUT2D eigenvalue weighted by Gasteiger charge is -2.29. The number of carbonyl (C=O) groups excluding carboxylic acids is 1. The number of amides is 1. The molecule has 0 aromatic carbocycles. The van der Waals surface area contributed by atoms with Crippen LogP contribution in [0.15, 0.2) is 0 Å². The standard InChI is InChI=1S/C14H29N3O/c1-4-9-17(11-14(18)16-12(2)3)10-13-5-7-15-8-6-13/h12-13,15H,4-11H2,1-3H3,(H,16,18). The van der Waals surface area contributed by atoms with Crippen molar-refractivity contribution in [3.8, 4) is 0 Å². The third-order valence-corrected chi connectivity index (χ3v) is 3.33. The summed E-state index contributed by atoms with van der Waals surface area (Å²) >= 11 is 0. The van der Waals surface area contributed by atoms with E-state index in [1.54, 1.807) is 0 Å². The fraction of sp³-hybridized carbons (Fsp3) is 0.929. The maximum Gasteiger partial charge on any atom is 0.234 e. The molecule has 4 nitrogen and oxygen atoms in total. The zero-order valence-electron chi connectivity index (χ0n) is 12.2. The number of nitrogens with zero attached hydrogens (tertiary/aromatic N) is 1. The van der Waals surface area contributed by atoms with Crippen LogP contribution in [0, 0.1) is 5.92 Å². The summed E-state index contributed by atoms with van der Waals surface area (Å²) in [6.45, 7) is 11.1. The fourth-order valence-electron chi connectivity index (χ4n) is 2.55. The molecule has 0 aliphatic carbocycles. The van der Waals surface area contributed by atoms with E-state index in [1.165, 1.54) is 12.8 Å². The van der Waals surface area contributed by atoms with E-state index >= 15 is 0 Å². The van der Waals surface area contributed by atoms with Crippen molar-refractivity contribution in [2.24, 2.45) is 5.92 Å². The van der Waals surface area contributed by atoms with Crippen LogP contribution in [0.25, 0.3) is 0 Å². The van der Waals surface area contributed by atoms with Crippen LogP contribution in [0.4, 0.5) is 0 Å². The summed E-state index contributed by atoms with van der Waals surface area (Å²) in [5.74, 6) is 0.914. The number of hydrogen-bond donors (Lipinski definition) is 2. The van der Waals surface area contributed by atoms with Gasteiger partial charge in [-0.25, -0.2) is 0 Å². The Hall–Kier alpha value is -0.610. The SMILES string of the molecule is CCCN(CC(=O)NC(C)C)CC1CCNCC1. The van der Waals surface area contributed by atoms with Crippen LogP contribution in [0.1, 0.15) is 40.0 Å². The number of hydrogen-bond acceptors (Lipinski definition) is 3. The molecule has 4 heteroatoms. The molecule has 1 heterocycles. The van der Waals surface area contributed by atoms with Crippen LogP contribution in [0.3, 0.4) is 0 Å². The van der Waals surface area contributed by atoms with Crippen molar-refractivity contribution in [2.45, 2.75) is 46.1 Å². The Morgan fingerprint density at radius 1 is 1.39 bits per heavy atom. The van der Waals surface area contributed by atoms with E-state index in [4.69, 9.17) is 0 Å². The highest BCUT2D eigenvalue weighted by molar-refractivity contribution is 5.78. The molecule has 1 aliphatic rings. The van der Waals surface area contributed by atoms with E-state index in [0.717, 1.165) is 38.5 Å². The number of carbonyl (C=O) groups is 1. The monoisotopic (exact) mass is 255 g/mol. The first-order chi connectivity index (χ1) is 8.61. The van der Waals surface area contributed by atoms with Gasteiger partial charge in [-0.05, 0) is 58.7 Å². The van der Waals surface area contributed by atoms with Gasteiger partial charge in [0.2, 0.25) is 5.91 Å². The topological polar surface area (TPSA) is 44.4 Å². The van der Waals surface area contributed by atoms with E-state index in [1.807, 2.05) is 13.8 Å². The lowest BCUT2D eigenvalue weighted by Crippen LogP contribution is -2.43. The minimum atomic E-state index is 0.160. The molecule has 1 fully saturated rings. The molecular weight excluding hydrogens is 226 g/mol. The summed E-state index contributed by atoms with van der Waals surface area (Å²) < 4.78 is 0. The predicted molar refractivity (Wildman–Crippen MR) is 75.6 cm³/mol. The third-order valence-electron chi connectivity index (χ3n) is 3.33. The van der Waals surface area contributed by atoms with Gasteiger partial charge in [-0.1, -0.05) is 6.92 Å². The molecule has 106 valence electrons. The van der Waals surface area contributed by atoms with Crippen LogP contribution < -0.4 is 10.6 Å². The van der Waals surface area contributed by atoms with E-state index in [2.05, 4.69) is 22.5 Å². The number of rotatable bonds is 7. The highest BCUT2D eigenvalue weighted by Crippen LogP contribution is 2.13. The van der Waals surface area contributed by atoms with Gasteiger partial charge in [0.15, 0.2) is 0 Å². The largest absolute Gasteiger partial charge is 0.353 e. The molecule has 0 aromatic heterocycles. The van der Waals surface area contributed by atoms with Crippen LogP contribution in [-0.2, 0) is 4.79 Å². The first-order valence-corrected chi connectivity index (χ1v) is 7.34. The Labute approximate surface area is 111 Å². The van der Waals surface area contributed by atoms with Gasteiger partial charge in [-0.15, -0.1) is 0 Å². The summed E-state index contributed by atoms with van der Waals surface area (Å²) in [5, 5.41) is 6.36. The Morgan fingerprint density at radius 2 is 2.06 bits per heavy atom. The van der Waals surface area contributed by atoms with Crippen molar-refractivity contribution in [1.82, 2.24) is 15.5 Å². The summed E-state index contributed by atoms with van der Waals surface area (Å²) in [5.41, 5.74) is 0. The van der Waals surface area contributed by atoms with Gasteiger partial charge in [0.1, 0.15) is 0 Å². The normalized spacial score (nSPS) is 17.4. The molecule has 0 spiro atoms. The van der Waals surface area contributed by atoms with Crippen molar-refractivity contribution in [3.63, 3.8) is 0 Å². The fourth-order valence-corrected chi connectivity index (χ4v) is 2.55. The molecule has 1 amide bonds. The molecule has 18 heavy (non-hydrogen) atoms. The summed E-state index contributed by atoms with van der Waals surface area (Å²) in [6, 6.07) is 0.236. The van der Waals surface area contributed by atoms with Crippen molar-refractivity contribution >= 4 is 5.91 Å². The molecular formula is C14H29N3O. The zero-order valence-corrected chi connectivity index (χ0v) is 12.2. The average molecular weight is 255 g/mol. The molecule has 0 radical (unpaired) electrons. The molecule has 1 aliphatic heterocycles. The Balaban J connectivity index is 2.35. The molecule has 1 saturated heterocycles. The Morgan fingerprint density at radius 3 is 2.61 bits per heavy atom. The molecule has 0 unspecified atom stereocenters. The highest BCUT2D eigenvalue weighted by Gasteiger charge is 2.18. The smallest absolute Gasteiger partial charge is 0.234 e. The molecule has 1 rings (SSSR count). The van der Waals surface area contributed by atoms with E-state index in [9.17, 15) is 4.79 Å². The predicted octanol–water partition coefficient (Wildman–Crippen LogP) is 1.22. The second kappa shape index (κ2) is 8.48. The minimum absolute atomic E-state index is 0.160. The van der Waals surface area contributed by atoms with Gasteiger partial charge in [0.05, 0.1) is 6.54 Å². The maximum absolute atomic E-state index is 11.8. The number of piperidine rings is 1. The van der Waals surface area contributed by atoms with Crippen molar-refractivity contribution in [1.29, 1.82) is 0 Å². The van der Waals surface area contributed by atoms with E-state index < -0.39 is 0 Å². The summed E-state index contributed by atoms with van der Waals surface area (Å²) in [4.78, 5) is 14.1. The first-order valence-electron chi connectivity index (χ1n) is 7.34. The first kappa shape index (κ1) is 15.4. The second-order valence-corrected chi connectivity index (χ2v) is 5.65. The van der Waals surface area contributed by atoms with Crippen LogP contribution in [0.5, 0.6) is 0 Å². The highest BCUT2D eigenvalue weighted by atomic mass is 16.2. The van der Waals surface area contributed by atoms with Gasteiger partial charge < -0.3 is 10.6 Å². The Bertz CT molecular complexity index is 237. The second-order valence-electron chi connectivity index (χ2n) is 5.65. The van der Waals surface area contributed by atoms with E-state index in [-0.39, 0.29) is 11.9 Å². The molecule has 2 N–H and O–H groups in total. The van der Waals surface area contributed by atoms with Gasteiger partial charge in [0.25, 0.3) is 0 Å². The third kappa shape index (κ3) is 6.36. The molecule has 0 aromatic rings. The lowest BCUT2D eigenvalue weighted by molar-refractivity contribution is -0.122. The van der Waals surface area contributed by atoms with Crippen LogP contribution in [0.2, 0.25) is 0 Å². The summed E-state index contributed by atoms with van der Waals surface area (Å²) in [7, 11) is 0. The minimum Gasteiger partial charge on any atom is -0.353 e. The average Bonchev–Trinajstić information content (AvgIpc) is 2.29. The lowest BCUT2D eigenvalue weighted by atomic mass is 9.97. The van der Waals surface area contributed by atoms with Crippen molar-refractivity contribution in [2.75, 3.05) is 32.7 Å². The van der Waals surface area contributed by atoms with Gasteiger partial charge in [-0.3, -0.25) is 9.69 Å². The van der Waals surface area contributed by atoms with Crippen LogP contribution >= 0.6 is 0 Å². The summed E-state index contributed by atoms with van der Waals surface area (Å²) in [6.07, 6.45) is 3.60. The van der Waals surface area contributed by atoms with Gasteiger partial charge in [-0.2, -0.15) is 0 Å². The molecule has 0 atom stereocenters. The molecule has 0 bridgehead atoms. The quantitative estimate of drug-likeness (QED) is 0.719. The van der Waals surface area contributed by atoms with Crippen LogP contribution in [-0.4, -0.2) is 49.6 Å². The van der Waals surface area contributed by atoms with Gasteiger partial charge >= 0.3 is 0 Å². The maximum atomic E-state index is 11.8. The molecule has 0 saturated carbocycles. The van der Waals surface area contributed by atoms with E-state index in [0.29, 0.717) is 6.54 Å². The van der Waals surface area contributed by atoms with Gasteiger partial charge in [0, 0.05) is 12.6 Å². The van der Waals surface area contributed by atoms with Crippen molar-refractivity contribution in [3.05, 3.63) is 0 Å². The zero-order chi connectivity index (χ0) is 13.4. The van der Waals surface area contributed by atoms with Crippen molar-refractivity contribution < 1.29 is 4.79 Å².